The third-order valence-corrected chi connectivity index (χ3v) is 3.51. The van der Waals surface area contributed by atoms with E-state index >= 15 is 0 Å². The van der Waals surface area contributed by atoms with Crippen molar-refractivity contribution >= 4 is 16.6 Å². The molecule has 0 radical (unpaired) electrons. The van der Waals surface area contributed by atoms with Crippen LogP contribution in [0.1, 0.15) is 11.3 Å². The van der Waals surface area contributed by atoms with Crippen LogP contribution in [0.5, 0.6) is 5.75 Å². The molecule has 0 aliphatic heterocycles. The third-order valence-electron chi connectivity index (χ3n) is 3.51. The van der Waals surface area contributed by atoms with Gasteiger partial charge in [0.1, 0.15) is 11.6 Å². The van der Waals surface area contributed by atoms with Crippen LogP contribution in [0.3, 0.4) is 0 Å². The number of nitrogens with zero attached hydrogens (tertiary/aromatic N) is 2. The summed E-state index contributed by atoms with van der Waals surface area (Å²) in [6.45, 7) is 2.72. The first-order chi connectivity index (χ1) is 10.3. The summed E-state index contributed by atoms with van der Waals surface area (Å²) in [6.07, 6.45) is 3.61. The Kier molecular flexibility index (Phi) is 3.69. The van der Waals surface area contributed by atoms with Crippen molar-refractivity contribution in [3.63, 3.8) is 0 Å². The number of benzene rings is 1. The molecule has 3 rings (SSSR count). The minimum Gasteiger partial charge on any atom is -0.497 e. The van der Waals surface area contributed by atoms with Crippen molar-refractivity contribution in [1.29, 1.82) is 0 Å². The number of aromatic nitrogens is 2. The first-order valence-corrected chi connectivity index (χ1v) is 6.85. The first kappa shape index (κ1) is 13.4. The predicted molar refractivity (Wildman–Crippen MR) is 84.6 cm³/mol. The molecule has 0 aliphatic rings. The number of pyridine rings is 2. The van der Waals surface area contributed by atoms with Gasteiger partial charge in [0.15, 0.2) is 0 Å². The van der Waals surface area contributed by atoms with Crippen LogP contribution >= 0.6 is 0 Å². The monoisotopic (exact) mass is 279 g/mol. The lowest BCUT2D eigenvalue weighted by Gasteiger charge is -2.10. The van der Waals surface area contributed by atoms with Gasteiger partial charge in [-0.15, -0.1) is 0 Å². The Hall–Kier alpha value is -2.62. The van der Waals surface area contributed by atoms with Crippen LogP contribution in [0.4, 0.5) is 5.82 Å². The third kappa shape index (κ3) is 2.79. The van der Waals surface area contributed by atoms with Crippen molar-refractivity contribution in [2.45, 2.75) is 13.5 Å². The number of methoxy groups -OCH3 is 1. The molecule has 4 nitrogen and oxygen atoms in total. The normalized spacial score (nSPS) is 10.6. The maximum atomic E-state index is 5.26. The topological polar surface area (TPSA) is 47.0 Å². The van der Waals surface area contributed by atoms with Crippen molar-refractivity contribution < 1.29 is 4.74 Å². The fraction of sp³-hybridized carbons (Fsp3) is 0.176. The second kappa shape index (κ2) is 5.79. The molecule has 0 aliphatic carbocycles. The minimum atomic E-state index is 0.658. The summed E-state index contributed by atoms with van der Waals surface area (Å²) in [5.41, 5.74) is 2.21. The number of aryl methyl sites for hydroxylation is 1. The zero-order chi connectivity index (χ0) is 14.7. The summed E-state index contributed by atoms with van der Waals surface area (Å²) in [7, 11) is 1.67. The highest BCUT2D eigenvalue weighted by molar-refractivity contribution is 5.92. The van der Waals surface area contributed by atoms with Crippen LogP contribution < -0.4 is 10.1 Å². The molecule has 0 atom stereocenters. The summed E-state index contributed by atoms with van der Waals surface area (Å²) in [6, 6.07) is 12.0. The lowest BCUT2D eigenvalue weighted by atomic mass is 10.1. The van der Waals surface area contributed by atoms with E-state index in [1.807, 2.05) is 36.5 Å². The minimum absolute atomic E-state index is 0.658. The van der Waals surface area contributed by atoms with E-state index in [9.17, 15) is 0 Å². The molecule has 1 aromatic carbocycles. The molecular weight excluding hydrogens is 262 g/mol. The van der Waals surface area contributed by atoms with E-state index < -0.39 is 0 Å². The highest BCUT2D eigenvalue weighted by Crippen LogP contribution is 2.25. The zero-order valence-electron chi connectivity index (χ0n) is 12.1. The highest BCUT2D eigenvalue weighted by atomic mass is 16.5. The molecule has 0 saturated carbocycles. The molecule has 0 bridgehead atoms. The standard InChI is InChI=1S/C17H17N3O/c1-12-4-3-8-18-16(12)11-20-17-15-6-5-14(21-2)10-13(15)7-9-19-17/h3-10H,11H2,1-2H3,(H,19,20). The van der Waals surface area contributed by atoms with Crippen LogP contribution in [0.15, 0.2) is 48.8 Å². The van der Waals surface area contributed by atoms with E-state index in [4.69, 9.17) is 4.74 Å². The SMILES string of the molecule is COc1ccc2c(NCc3ncccc3C)nccc2c1. The molecule has 106 valence electrons. The number of fused-ring (bicyclic) bond motifs is 1. The number of anilines is 1. The van der Waals surface area contributed by atoms with Crippen LogP contribution in [0.25, 0.3) is 10.8 Å². The summed E-state index contributed by atoms with van der Waals surface area (Å²) >= 11 is 0. The molecule has 21 heavy (non-hydrogen) atoms. The molecule has 4 heteroatoms. The Morgan fingerprint density at radius 3 is 2.81 bits per heavy atom. The molecular formula is C17H17N3O. The van der Waals surface area contributed by atoms with Crippen molar-refractivity contribution in [1.82, 2.24) is 9.97 Å². The number of hydrogen-bond acceptors (Lipinski definition) is 4. The van der Waals surface area contributed by atoms with E-state index in [2.05, 4.69) is 28.3 Å². The molecule has 1 N–H and O–H groups in total. The van der Waals surface area contributed by atoms with Crippen LogP contribution in [-0.4, -0.2) is 17.1 Å². The molecule has 2 heterocycles. The average Bonchev–Trinajstić information content (AvgIpc) is 2.53. The van der Waals surface area contributed by atoms with Gasteiger partial charge in [-0.25, -0.2) is 4.98 Å². The second-order valence-electron chi connectivity index (χ2n) is 4.87. The van der Waals surface area contributed by atoms with Gasteiger partial charge in [0.2, 0.25) is 0 Å². The molecule has 2 aromatic heterocycles. The Bertz CT molecular complexity index is 771. The van der Waals surface area contributed by atoms with Crippen molar-refractivity contribution in [3.05, 3.63) is 60.0 Å². The Balaban J connectivity index is 1.89. The Labute approximate surface area is 123 Å². The molecule has 3 aromatic rings. The first-order valence-electron chi connectivity index (χ1n) is 6.85. The van der Waals surface area contributed by atoms with Gasteiger partial charge in [0.05, 0.1) is 19.3 Å². The van der Waals surface area contributed by atoms with Gasteiger partial charge in [-0.2, -0.15) is 0 Å². The lowest BCUT2D eigenvalue weighted by molar-refractivity contribution is 0.415. The molecule has 0 unspecified atom stereocenters. The summed E-state index contributed by atoms with van der Waals surface area (Å²) in [5.74, 6) is 1.71. The number of hydrogen-bond donors (Lipinski definition) is 1. The zero-order valence-corrected chi connectivity index (χ0v) is 12.1. The van der Waals surface area contributed by atoms with Gasteiger partial charge in [-0.05, 0) is 48.2 Å². The lowest BCUT2D eigenvalue weighted by Crippen LogP contribution is -2.05. The maximum absolute atomic E-state index is 5.26. The van der Waals surface area contributed by atoms with Gasteiger partial charge >= 0.3 is 0 Å². The van der Waals surface area contributed by atoms with Crippen molar-refractivity contribution in [2.24, 2.45) is 0 Å². The van der Waals surface area contributed by atoms with E-state index in [1.165, 1.54) is 5.56 Å². The maximum Gasteiger partial charge on any atom is 0.134 e. The fourth-order valence-electron chi connectivity index (χ4n) is 2.29. The number of ether oxygens (including phenoxy) is 1. The molecule has 0 spiro atoms. The van der Waals surface area contributed by atoms with Gasteiger partial charge in [-0.3, -0.25) is 4.98 Å². The molecule has 0 fully saturated rings. The van der Waals surface area contributed by atoms with Crippen molar-refractivity contribution in [3.8, 4) is 5.75 Å². The van der Waals surface area contributed by atoms with E-state index in [0.717, 1.165) is 28.0 Å². The highest BCUT2D eigenvalue weighted by Gasteiger charge is 2.05. The van der Waals surface area contributed by atoms with Crippen LogP contribution in [0, 0.1) is 6.92 Å². The van der Waals surface area contributed by atoms with Gasteiger partial charge in [0, 0.05) is 17.8 Å². The van der Waals surface area contributed by atoms with Crippen LogP contribution in [-0.2, 0) is 6.54 Å². The van der Waals surface area contributed by atoms with Gasteiger partial charge in [-0.1, -0.05) is 6.07 Å². The average molecular weight is 279 g/mol. The Morgan fingerprint density at radius 1 is 1.10 bits per heavy atom. The van der Waals surface area contributed by atoms with Crippen LogP contribution in [0.2, 0.25) is 0 Å². The number of rotatable bonds is 4. The smallest absolute Gasteiger partial charge is 0.134 e. The largest absolute Gasteiger partial charge is 0.497 e. The van der Waals surface area contributed by atoms with E-state index in [-0.39, 0.29) is 0 Å². The Morgan fingerprint density at radius 2 is 2.00 bits per heavy atom. The summed E-state index contributed by atoms with van der Waals surface area (Å²) in [5, 5.41) is 5.55. The van der Waals surface area contributed by atoms with Crippen molar-refractivity contribution in [2.75, 3.05) is 12.4 Å². The van der Waals surface area contributed by atoms with Gasteiger partial charge < -0.3 is 10.1 Å². The van der Waals surface area contributed by atoms with Gasteiger partial charge in [0.25, 0.3) is 0 Å². The molecule has 0 amide bonds. The summed E-state index contributed by atoms with van der Waals surface area (Å²) in [4.78, 5) is 8.82. The summed E-state index contributed by atoms with van der Waals surface area (Å²) < 4.78 is 5.26. The van der Waals surface area contributed by atoms with E-state index in [1.54, 1.807) is 13.3 Å². The predicted octanol–water partition coefficient (Wildman–Crippen LogP) is 3.56. The second-order valence-corrected chi connectivity index (χ2v) is 4.87. The van der Waals surface area contributed by atoms with E-state index in [0.29, 0.717) is 6.54 Å². The quantitative estimate of drug-likeness (QED) is 0.793. The number of nitrogens with one attached hydrogen (secondary N) is 1. The fourth-order valence-corrected chi connectivity index (χ4v) is 2.29. The molecule has 0 saturated heterocycles.